The van der Waals surface area contributed by atoms with Gasteiger partial charge in [-0.1, -0.05) is 18.2 Å². The third-order valence-electron chi connectivity index (χ3n) is 8.25. The molecule has 0 N–H and O–H groups in total. The molecule has 1 amide bonds. The van der Waals surface area contributed by atoms with E-state index in [0.29, 0.717) is 0 Å². The molecule has 0 aromatic carbocycles. The maximum Gasteiger partial charge on any atom is 0.265 e. The molecule has 0 aromatic heterocycles. The Kier molecular flexibility index (Phi) is 5.99. The number of carbonyl (C=O) groups is 1. The first kappa shape index (κ1) is 20.9. The number of ether oxygens (including phenoxy) is 1. The Balaban J connectivity index is 1.29. The third-order valence-corrected chi connectivity index (χ3v) is 9.82. The van der Waals surface area contributed by atoms with Crippen LogP contribution in [0.5, 0.6) is 0 Å². The van der Waals surface area contributed by atoms with E-state index in [9.17, 15) is 4.79 Å². The standard InChI is InChI=1S/C23H38N2O2S/c1-22(2,27-12-9-16-7-10-25(4)11-8-16)23(3)21(26)24-20(28-23)15-19-14-17-5-6-18(19)13-17/h16-19H,5-15H2,1-4H3/t17-,18+,19-,23?/m1/s1. The molecule has 4 nitrogen and oxygen atoms in total. The van der Waals surface area contributed by atoms with Gasteiger partial charge in [0.05, 0.1) is 10.6 Å². The van der Waals surface area contributed by atoms with Crippen molar-refractivity contribution in [2.45, 2.75) is 82.5 Å². The maximum atomic E-state index is 12.9. The van der Waals surface area contributed by atoms with E-state index in [4.69, 9.17) is 4.74 Å². The average molecular weight is 407 g/mol. The van der Waals surface area contributed by atoms with Crippen LogP contribution in [0.4, 0.5) is 0 Å². The van der Waals surface area contributed by atoms with Gasteiger partial charge in [0.15, 0.2) is 0 Å². The highest BCUT2D eigenvalue weighted by Crippen LogP contribution is 2.52. The molecule has 0 aromatic rings. The van der Waals surface area contributed by atoms with Crippen molar-refractivity contribution in [3.8, 4) is 0 Å². The van der Waals surface area contributed by atoms with Crippen molar-refractivity contribution < 1.29 is 9.53 Å². The van der Waals surface area contributed by atoms with Gasteiger partial charge in [-0.25, -0.2) is 4.99 Å². The van der Waals surface area contributed by atoms with Crippen LogP contribution in [0.25, 0.3) is 0 Å². The smallest absolute Gasteiger partial charge is 0.265 e. The molecule has 1 unspecified atom stereocenters. The quantitative estimate of drug-likeness (QED) is 0.611. The molecule has 158 valence electrons. The summed E-state index contributed by atoms with van der Waals surface area (Å²) < 4.78 is 5.76. The number of carbonyl (C=O) groups excluding carboxylic acids is 1. The van der Waals surface area contributed by atoms with Crippen LogP contribution in [0.3, 0.4) is 0 Å². The van der Waals surface area contributed by atoms with Gasteiger partial charge < -0.3 is 9.64 Å². The van der Waals surface area contributed by atoms with Crippen LogP contribution in [0, 0.1) is 23.7 Å². The molecule has 1 saturated heterocycles. The second-order valence-electron chi connectivity index (χ2n) is 10.5. The number of fused-ring (bicyclic) bond motifs is 2. The van der Waals surface area contributed by atoms with Crippen molar-refractivity contribution in [3.05, 3.63) is 0 Å². The SMILES string of the molecule is CN1CCC(CCOC(C)(C)C2(C)SC(C[C@H]3C[C@@H]4CC[C@H]3C4)=NC2=O)CC1. The van der Waals surface area contributed by atoms with Crippen molar-refractivity contribution in [1.82, 2.24) is 4.90 Å². The van der Waals surface area contributed by atoms with E-state index in [1.807, 2.05) is 6.92 Å². The number of piperidine rings is 1. The number of likely N-dealkylation sites (tertiary alicyclic amines) is 1. The molecule has 4 rings (SSSR count). The Labute approximate surface area is 175 Å². The molecule has 28 heavy (non-hydrogen) atoms. The molecule has 3 fully saturated rings. The Morgan fingerprint density at radius 3 is 2.61 bits per heavy atom. The molecule has 2 aliphatic heterocycles. The Morgan fingerprint density at radius 1 is 1.21 bits per heavy atom. The fourth-order valence-electron chi connectivity index (χ4n) is 5.81. The van der Waals surface area contributed by atoms with E-state index in [1.165, 1.54) is 51.6 Å². The summed E-state index contributed by atoms with van der Waals surface area (Å²) in [6.45, 7) is 9.35. The van der Waals surface area contributed by atoms with E-state index in [0.717, 1.165) is 48.2 Å². The van der Waals surface area contributed by atoms with Gasteiger partial charge in [0.2, 0.25) is 0 Å². The van der Waals surface area contributed by atoms with Crippen LogP contribution >= 0.6 is 11.8 Å². The number of hydrogen-bond acceptors (Lipinski definition) is 4. The highest BCUT2D eigenvalue weighted by Gasteiger charge is 2.54. The van der Waals surface area contributed by atoms with Crippen LogP contribution in [-0.4, -0.2) is 52.9 Å². The number of amides is 1. The van der Waals surface area contributed by atoms with Gasteiger partial charge in [0.1, 0.15) is 4.75 Å². The first-order valence-corrected chi connectivity index (χ1v) is 12.2. The molecular formula is C23H38N2O2S. The summed E-state index contributed by atoms with van der Waals surface area (Å²) in [5, 5.41) is 1.07. The highest BCUT2D eigenvalue weighted by atomic mass is 32.2. The third kappa shape index (κ3) is 4.09. The van der Waals surface area contributed by atoms with Crippen LogP contribution in [-0.2, 0) is 9.53 Å². The fourth-order valence-corrected chi connectivity index (χ4v) is 7.14. The molecule has 0 spiro atoms. The van der Waals surface area contributed by atoms with Crippen molar-refractivity contribution >= 4 is 22.7 Å². The second kappa shape index (κ2) is 8.03. The van der Waals surface area contributed by atoms with Gasteiger partial charge >= 0.3 is 0 Å². The van der Waals surface area contributed by atoms with Crippen molar-refractivity contribution in [2.75, 3.05) is 26.7 Å². The lowest BCUT2D eigenvalue weighted by molar-refractivity contribution is -0.128. The van der Waals surface area contributed by atoms with E-state index in [-0.39, 0.29) is 5.91 Å². The number of aliphatic imine (C=N–C) groups is 1. The topological polar surface area (TPSA) is 41.9 Å². The van der Waals surface area contributed by atoms with Gasteiger partial charge in [-0.3, -0.25) is 4.79 Å². The number of thioether (sulfide) groups is 1. The van der Waals surface area contributed by atoms with E-state index in [1.54, 1.807) is 11.8 Å². The normalized spacial score (nSPS) is 37.1. The van der Waals surface area contributed by atoms with Gasteiger partial charge in [-0.05, 0) is 110 Å². The van der Waals surface area contributed by atoms with Crippen LogP contribution in [0.1, 0.15) is 72.1 Å². The summed E-state index contributed by atoms with van der Waals surface area (Å²) in [6, 6.07) is 0. The average Bonchev–Trinajstić information content (AvgIpc) is 3.33. The summed E-state index contributed by atoms with van der Waals surface area (Å²) in [4.78, 5) is 19.8. The number of hydrogen-bond donors (Lipinski definition) is 0. The zero-order valence-corrected chi connectivity index (χ0v) is 19.0. The number of rotatable bonds is 7. The van der Waals surface area contributed by atoms with Crippen molar-refractivity contribution in [3.63, 3.8) is 0 Å². The second-order valence-corrected chi connectivity index (χ2v) is 12.0. The molecule has 2 aliphatic carbocycles. The monoisotopic (exact) mass is 406 g/mol. The van der Waals surface area contributed by atoms with E-state index >= 15 is 0 Å². The first-order chi connectivity index (χ1) is 13.3. The van der Waals surface area contributed by atoms with Gasteiger partial charge in [0, 0.05) is 6.61 Å². The minimum atomic E-state index is -0.591. The predicted octanol–water partition coefficient (Wildman–Crippen LogP) is 4.77. The van der Waals surface area contributed by atoms with Crippen LogP contribution < -0.4 is 0 Å². The summed E-state index contributed by atoms with van der Waals surface area (Å²) in [7, 11) is 2.20. The molecule has 4 atom stereocenters. The zero-order valence-electron chi connectivity index (χ0n) is 18.2. The fraction of sp³-hybridized carbons (Fsp3) is 0.913. The summed E-state index contributed by atoms with van der Waals surface area (Å²) in [6.07, 6.45) is 10.2. The van der Waals surface area contributed by atoms with E-state index in [2.05, 4.69) is 30.8 Å². The Hall–Kier alpha value is -0.390. The Bertz CT molecular complexity index is 626. The summed E-state index contributed by atoms with van der Waals surface area (Å²) in [5.74, 6) is 3.36. The maximum absolute atomic E-state index is 12.9. The van der Waals surface area contributed by atoms with Gasteiger partial charge in [0.25, 0.3) is 5.91 Å². The number of nitrogens with zero attached hydrogens (tertiary/aromatic N) is 2. The molecule has 4 aliphatic rings. The minimum absolute atomic E-state index is 0.0138. The van der Waals surface area contributed by atoms with Crippen LogP contribution in [0.15, 0.2) is 4.99 Å². The summed E-state index contributed by atoms with van der Waals surface area (Å²) in [5.41, 5.74) is -0.500. The lowest BCUT2D eigenvalue weighted by Gasteiger charge is -2.39. The minimum Gasteiger partial charge on any atom is -0.374 e. The molecule has 5 heteroatoms. The highest BCUT2D eigenvalue weighted by molar-refractivity contribution is 8.16. The lowest BCUT2D eigenvalue weighted by atomic mass is 9.87. The molecular weight excluding hydrogens is 368 g/mol. The van der Waals surface area contributed by atoms with Gasteiger partial charge in [-0.15, -0.1) is 0 Å². The lowest BCUT2D eigenvalue weighted by Crippen LogP contribution is -2.51. The summed E-state index contributed by atoms with van der Waals surface area (Å²) >= 11 is 1.70. The van der Waals surface area contributed by atoms with Crippen molar-refractivity contribution in [2.24, 2.45) is 28.7 Å². The van der Waals surface area contributed by atoms with Gasteiger partial charge in [-0.2, -0.15) is 0 Å². The Morgan fingerprint density at radius 2 is 1.96 bits per heavy atom. The van der Waals surface area contributed by atoms with Crippen LogP contribution in [0.2, 0.25) is 0 Å². The molecule has 2 bridgehead atoms. The zero-order chi connectivity index (χ0) is 19.9. The van der Waals surface area contributed by atoms with E-state index < -0.39 is 10.3 Å². The van der Waals surface area contributed by atoms with Crippen molar-refractivity contribution in [1.29, 1.82) is 0 Å². The largest absolute Gasteiger partial charge is 0.374 e. The molecule has 2 saturated carbocycles. The molecule has 0 radical (unpaired) electrons. The predicted molar refractivity (Wildman–Crippen MR) is 117 cm³/mol. The first-order valence-electron chi connectivity index (χ1n) is 11.4. The molecule has 2 heterocycles.